The van der Waals surface area contributed by atoms with Gasteiger partial charge >= 0.3 is 0 Å². The maximum atomic E-state index is 11.8. The van der Waals surface area contributed by atoms with Crippen LogP contribution < -0.4 is 5.56 Å². The number of hydrogen-bond acceptors (Lipinski definition) is 3. The molecule has 3 rings (SSSR count). The second-order valence-electron chi connectivity index (χ2n) is 5.25. The standard InChI is InChI=1S/C20H17N3O/c1-3-14(11-12-21-2)18-13-19(24)22-23-20(18)17-10-6-8-15-7-4-5-9-16(15)17/h3-13H,1H2,2H3,(H,22,24)/b14-11+,21-12?. The summed E-state index contributed by atoms with van der Waals surface area (Å²) >= 11 is 0. The predicted molar refractivity (Wildman–Crippen MR) is 100 cm³/mol. The first-order chi connectivity index (χ1) is 11.7. The lowest BCUT2D eigenvalue weighted by atomic mass is 9.96. The molecule has 0 atom stereocenters. The van der Waals surface area contributed by atoms with E-state index < -0.39 is 0 Å². The Balaban J connectivity index is 2.32. The molecule has 3 aromatic rings. The van der Waals surface area contributed by atoms with E-state index in [1.807, 2.05) is 36.4 Å². The van der Waals surface area contributed by atoms with Gasteiger partial charge in [0.15, 0.2) is 0 Å². The number of nitrogens with one attached hydrogen (secondary N) is 1. The number of allylic oxidation sites excluding steroid dienone is 3. The normalized spacial score (nSPS) is 12.0. The molecule has 0 saturated carbocycles. The van der Waals surface area contributed by atoms with Gasteiger partial charge in [-0.25, -0.2) is 5.10 Å². The molecule has 0 spiro atoms. The first kappa shape index (κ1) is 15.6. The van der Waals surface area contributed by atoms with Gasteiger partial charge in [0, 0.05) is 30.5 Å². The Morgan fingerprint density at radius 1 is 1.21 bits per heavy atom. The van der Waals surface area contributed by atoms with Gasteiger partial charge in [-0.3, -0.25) is 9.79 Å². The van der Waals surface area contributed by atoms with E-state index in [1.165, 1.54) is 0 Å². The summed E-state index contributed by atoms with van der Waals surface area (Å²) in [6.07, 6.45) is 5.19. The van der Waals surface area contributed by atoms with E-state index in [0.29, 0.717) is 5.69 Å². The lowest BCUT2D eigenvalue weighted by Gasteiger charge is -2.11. The van der Waals surface area contributed by atoms with E-state index in [-0.39, 0.29) is 5.56 Å². The van der Waals surface area contributed by atoms with Crippen LogP contribution >= 0.6 is 0 Å². The van der Waals surface area contributed by atoms with Crippen molar-refractivity contribution in [3.8, 4) is 11.3 Å². The summed E-state index contributed by atoms with van der Waals surface area (Å²) in [6.45, 7) is 3.85. The highest BCUT2D eigenvalue weighted by atomic mass is 16.1. The van der Waals surface area contributed by atoms with Crippen LogP contribution in [-0.2, 0) is 0 Å². The monoisotopic (exact) mass is 315 g/mol. The van der Waals surface area contributed by atoms with Crippen LogP contribution in [0.1, 0.15) is 5.56 Å². The fourth-order valence-electron chi connectivity index (χ4n) is 2.68. The van der Waals surface area contributed by atoms with Crippen LogP contribution in [0, 0.1) is 0 Å². The molecule has 0 aliphatic carbocycles. The van der Waals surface area contributed by atoms with E-state index in [2.05, 4.69) is 33.9 Å². The van der Waals surface area contributed by atoms with Crippen LogP contribution in [0.5, 0.6) is 0 Å². The first-order valence-corrected chi connectivity index (χ1v) is 7.57. The highest BCUT2D eigenvalue weighted by Gasteiger charge is 2.13. The number of aliphatic imine (C=N–C) groups is 1. The quantitative estimate of drug-likeness (QED) is 0.587. The Morgan fingerprint density at radius 2 is 2.00 bits per heavy atom. The topological polar surface area (TPSA) is 58.1 Å². The first-order valence-electron chi connectivity index (χ1n) is 7.57. The fourth-order valence-corrected chi connectivity index (χ4v) is 2.68. The predicted octanol–water partition coefficient (Wildman–Crippen LogP) is 3.86. The Kier molecular flexibility index (Phi) is 4.47. The molecule has 4 nitrogen and oxygen atoms in total. The molecule has 0 radical (unpaired) electrons. The second-order valence-corrected chi connectivity index (χ2v) is 5.25. The minimum atomic E-state index is -0.254. The van der Waals surface area contributed by atoms with Crippen LogP contribution in [0.25, 0.3) is 27.6 Å². The van der Waals surface area contributed by atoms with Gasteiger partial charge in [-0.05, 0) is 22.4 Å². The van der Waals surface area contributed by atoms with E-state index in [1.54, 1.807) is 25.4 Å². The van der Waals surface area contributed by atoms with E-state index in [4.69, 9.17) is 0 Å². The molecule has 0 saturated heterocycles. The zero-order valence-corrected chi connectivity index (χ0v) is 13.4. The molecule has 0 bridgehead atoms. The van der Waals surface area contributed by atoms with Crippen LogP contribution in [0.4, 0.5) is 0 Å². The molecule has 4 heteroatoms. The van der Waals surface area contributed by atoms with Crippen molar-refractivity contribution in [3.63, 3.8) is 0 Å². The third-order valence-electron chi connectivity index (χ3n) is 3.79. The molecule has 118 valence electrons. The summed E-state index contributed by atoms with van der Waals surface area (Å²) in [5.41, 5.74) is 2.94. The van der Waals surface area contributed by atoms with Crippen molar-refractivity contribution in [3.05, 3.63) is 83.2 Å². The molecule has 24 heavy (non-hydrogen) atoms. The number of benzene rings is 2. The third kappa shape index (κ3) is 2.94. The summed E-state index contributed by atoms with van der Waals surface area (Å²) < 4.78 is 0. The van der Waals surface area contributed by atoms with Crippen LogP contribution in [0.3, 0.4) is 0 Å². The summed E-state index contributed by atoms with van der Waals surface area (Å²) in [6, 6.07) is 15.7. The van der Waals surface area contributed by atoms with E-state index in [9.17, 15) is 4.79 Å². The van der Waals surface area contributed by atoms with Gasteiger partial charge in [-0.1, -0.05) is 55.1 Å². The number of rotatable bonds is 4. The number of nitrogens with zero attached hydrogens (tertiary/aromatic N) is 2. The molecule has 0 unspecified atom stereocenters. The Bertz CT molecular complexity index is 1010. The van der Waals surface area contributed by atoms with Crippen molar-refractivity contribution >= 4 is 22.6 Å². The zero-order valence-electron chi connectivity index (χ0n) is 13.4. The summed E-state index contributed by atoms with van der Waals surface area (Å²) in [5, 5.41) is 9.04. The van der Waals surface area contributed by atoms with Crippen LogP contribution in [0.15, 0.2) is 77.0 Å². The number of hydrogen-bond donors (Lipinski definition) is 1. The van der Waals surface area contributed by atoms with Crippen molar-refractivity contribution in [2.75, 3.05) is 7.05 Å². The van der Waals surface area contributed by atoms with Gasteiger partial charge in [0.05, 0.1) is 5.69 Å². The summed E-state index contributed by atoms with van der Waals surface area (Å²) in [4.78, 5) is 15.8. The van der Waals surface area contributed by atoms with Gasteiger partial charge in [-0.2, -0.15) is 5.10 Å². The average molecular weight is 315 g/mol. The summed E-state index contributed by atoms with van der Waals surface area (Å²) in [5.74, 6) is 0. The van der Waals surface area contributed by atoms with Crippen molar-refractivity contribution in [1.29, 1.82) is 0 Å². The van der Waals surface area contributed by atoms with Gasteiger partial charge < -0.3 is 0 Å². The van der Waals surface area contributed by atoms with E-state index >= 15 is 0 Å². The molecule has 1 heterocycles. The van der Waals surface area contributed by atoms with Crippen molar-refractivity contribution in [2.24, 2.45) is 4.99 Å². The molecular weight excluding hydrogens is 298 g/mol. The molecule has 1 aromatic heterocycles. The van der Waals surface area contributed by atoms with Gasteiger partial charge in [-0.15, -0.1) is 0 Å². The molecule has 0 amide bonds. The molecule has 2 aromatic carbocycles. The Morgan fingerprint density at radius 3 is 2.79 bits per heavy atom. The van der Waals surface area contributed by atoms with Crippen LogP contribution in [-0.4, -0.2) is 23.5 Å². The number of H-pyrrole nitrogens is 1. The number of aromatic nitrogens is 2. The second kappa shape index (κ2) is 6.87. The van der Waals surface area contributed by atoms with Gasteiger partial charge in [0.1, 0.15) is 0 Å². The third-order valence-corrected chi connectivity index (χ3v) is 3.79. The lowest BCUT2D eigenvalue weighted by molar-refractivity contribution is 0.991. The average Bonchev–Trinajstić information content (AvgIpc) is 2.62. The SMILES string of the molecule is C=C/C(=C\C=NC)c1cc(=O)[nH]nc1-c1cccc2ccccc12. The van der Waals surface area contributed by atoms with E-state index in [0.717, 1.165) is 27.5 Å². The Hall–Kier alpha value is -3.27. The Labute approximate surface area is 139 Å². The van der Waals surface area contributed by atoms with Gasteiger partial charge in [0.25, 0.3) is 5.56 Å². The fraction of sp³-hybridized carbons (Fsp3) is 0.0500. The lowest BCUT2D eigenvalue weighted by Crippen LogP contribution is -2.10. The van der Waals surface area contributed by atoms with Crippen molar-refractivity contribution in [1.82, 2.24) is 10.2 Å². The number of fused-ring (bicyclic) bond motifs is 1. The maximum Gasteiger partial charge on any atom is 0.264 e. The molecule has 0 aliphatic heterocycles. The van der Waals surface area contributed by atoms with Crippen molar-refractivity contribution < 1.29 is 0 Å². The molecule has 1 N–H and O–H groups in total. The molecule has 0 fully saturated rings. The highest BCUT2D eigenvalue weighted by Crippen LogP contribution is 2.31. The van der Waals surface area contributed by atoms with Crippen molar-refractivity contribution in [2.45, 2.75) is 0 Å². The van der Waals surface area contributed by atoms with Crippen LogP contribution in [0.2, 0.25) is 0 Å². The minimum Gasteiger partial charge on any atom is -0.296 e. The summed E-state index contributed by atoms with van der Waals surface area (Å²) in [7, 11) is 1.69. The highest BCUT2D eigenvalue weighted by molar-refractivity contribution is 6.00. The molecule has 0 aliphatic rings. The minimum absolute atomic E-state index is 0.254. The maximum absolute atomic E-state index is 11.8. The van der Waals surface area contributed by atoms with Gasteiger partial charge in [0.2, 0.25) is 0 Å². The molecular formula is C20H17N3O. The number of aromatic amines is 1. The smallest absolute Gasteiger partial charge is 0.264 e. The zero-order chi connectivity index (χ0) is 16.9. The largest absolute Gasteiger partial charge is 0.296 e.